The summed E-state index contributed by atoms with van der Waals surface area (Å²) in [6.45, 7) is 6.52. The predicted octanol–water partition coefficient (Wildman–Crippen LogP) is 1.26. The van der Waals surface area contributed by atoms with Crippen molar-refractivity contribution in [3.05, 3.63) is 29.8 Å². The van der Waals surface area contributed by atoms with E-state index in [0.717, 1.165) is 24.3 Å². The van der Waals surface area contributed by atoms with Crippen LogP contribution in [0.3, 0.4) is 0 Å². The quantitative estimate of drug-likeness (QED) is 0.828. The number of amides is 1. The third kappa shape index (κ3) is 5.02. The first kappa shape index (κ1) is 15.8. The summed E-state index contributed by atoms with van der Waals surface area (Å²) < 4.78 is 11.3. The van der Waals surface area contributed by atoms with Crippen LogP contribution in [0.2, 0.25) is 0 Å². The van der Waals surface area contributed by atoms with Crippen LogP contribution in [-0.4, -0.2) is 44.4 Å². The number of hydrogen-bond donors (Lipinski definition) is 2. The van der Waals surface area contributed by atoms with Crippen LogP contribution in [0.25, 0.3) is 0 Å². The van der Waals surface area contributed by atoms with Gasteiger partial charge in [-0.3, -0.25) is 4.79 Å². The number of hydrogen-bond acceptors (Lipinski definition) is 4. The molecule has 1 amide bonds. The molecule has 2 rings (SSSR count). The van der Waals surface area contributed by atoms with Crippen LogP contribution < -0.4 is 15.4 Å². The van der Waals surface area contributed by atoms with Crippen LogP contribution in [0.4, 0.5) is 0 Å². The van der Waals surface area contributed by atoms with Crippen LogP contribution in [0.5, 0.6) is 5.75 Å². The van der Waals surface area contributed by atoms with Gasteiger partial charge in [0.15, 0.2) is 0 Å². The molecule has 1 fully saturated rings. The van der Waals surface area contributed by atoms with E-state index in [-0.39, 0.29) is 12.0 Å². The lowest BCUT2D eigenvalue weighted by Gasteiger charge is -2.24. The van der Waals surface area contributed by atoms with Gasteiger partial charge in [0.25, 0.3) is 5.91 Å². The first-order valence-corrected chi connectivity index (χ1v) is 7.52. The Balaban J connectivity index is 1.80. The number of benzene rings is 1. The van der Waals surface area contributed by atoms with Gasteiger partial charge < -0.3 is 20.1 Å². The van der Waals surface area contributed by atoms with Crippen LogP contribution >= 0.6 is 0 Å². The Hall–Kier alpha value is -1.59. The van der Waals surface area contributed by atoms with Gasteiger partial charge in [-0.1, -0.05) is 19.1 Å². The van der Waals surface area contributed by atoms with Crippen molar-refractivity contribution in [1.29, 1.82) is 0 Å². The summed E-state index contributed by atoms with van der Waals surface area (Å²) >= 11 is 0. The number of nitrogens with one attached hydrogen (secondary N) is 2. The fourth-order valence-electron chi connectivity index (χ4n) is 2.21. The molecule has 1 heterocycles. The Morgan fingerprint density at radius 3 is 3.10 bits per heavy atom. The van der Waals surface area contributed by atoms with E-state index in [1.165, 1.54) is 0 Å². The van der Waals surface area contributed by atoms with E-state index in [4.69, 9.17) is 9.47 Å². The maximum Gasteiger partial charge on any atom is 0.250 e. The third-order valence-electron chi connectivity index (χ3n) is 3.47. The molecule has 1 aromatic carbocycles. The minimum absolute atomic E-state index is 0.0349. The normalized spacial score (nSPS) is 19.8. The second-order valence-corrected chi connectivity index (χ2v) is 5.27. The summed E-state index contributed by atoms with van der Waals surface area (Å²) in [5.41, 5.74) is 1.16. The molecule has 1 aliphatic heterocycles. The molecule has 2 unspecified atom stereocenters. The smallest absolute Gasteiger partial charge is 0.250 e. The topological polar surface area (TPSA) is 59.6 Å². The van der Waals surface area contributed by atoms with Crippen molar-refractivity contribution in [3.8, 4) is 5.75 Å². The lowest BCUT2D eigenvalue weighted by Crippen LogP contribution is -2.49. The fourth-order valence-corrected chi connectivity index (χ4v) is 2.21. The Morgan fingerprint density at radius 2 is 2.43 bits per heavy atom. The fraction of sp³-hybridized carbons (Fsp3) is 0.562. The standard InChI is InChI=1S/C16H24N2O3/c1-3-13(21-14-6-4-5-12(2)9-14)10-18-16(19)15-11-17-7-8-20-15/h4-6,9,13,15,17H,3,7-8,10-11H2,1-2H3,(H,18,19). The van der Waals surface area contributed by atoms with E-state index in [0.29, 0.717) is 19.7 Å². The van der Waals surface area contributed by atoms with Crippen LogP contribution in [0.1, 0.15) is 18.9 Å². The molecule has 0 aliphatic carbocycles. The summed E-state index contributed by atoms with van der Waals surface area (Å²) in [7, 11) is 0. The number of ether oxygens (including phenoxy) is 2. The number of aryl methyl sites for hydroxylation is 1. The summed E-state index contributed by atoms with van der Waals surface area (Å²) in [6, 6.07) is 7.94. The molecule has 0 aromatic heterocycles. The highest BCUT2D eigenvalue weighted by molar-refractivity contribution is 5.81. The summed E-state index contributed by atoms with van der Waals surface area (Å²) in [6.07, 6.45) is 0.403. The molecular weight excluding hydrogens is 268 g/mol. The van der Waals surface area contributed by atoms with Gasteiger partial charge >= 0.3 is 0 Å². The lowest BCUT2D eigenvalue weighted by molar-refractivity contribution is -0.134. The molecule has 116 valence electrons. The Bertz CT molecular complexity index is 459. The van der Waals surface area contributed by atoms with Gasteiger partial charge in [-0.2, -0.15) is 0 Å². The molecule has 1 aromatic rings. The maximum absolute atomic E-state index is 12.0. The first-order chi connectivity index (χ1) is 10.2. The minimum Gasteiger partial charge on any atom is -0.489 e. The molecule has 0 bridgehead atoms. The highest BCUT2D eigenvalue weighted by Gasteiger charge is 2.22. The van der Waals surface area contributed by atoms with E-state index < -0.39 is 6.10 Å². The average molecular weight is 292 g/mol. The highest BCUT2D eigenvalue weighted by Crippen LogP contribution is 2.15. The zero-order valence-corrected chi connectivity index (χ0v) is 12.7. The van der Waals surface area contributed by atoms with Crippen LogP contribution in [0, 0.1) is 6.92 Å². The Kier molecular flexibility index (Phi) is 6.02. The van der Waals surface area contributed by atoms with E-state index >= 15 is 0 Å². The van der Waals surface area contributed by atoms with Crippen molar-refractivity contribution >= 4 is 5.91 Å². The Morgan fingerprint density at radius 1 is 1.57 bits per heavy atom. The molecule has 0 spiro atoms. The number of carbonyl (C=O) groups excluding carboxylic acids is 1. The van der Waals surface area contributed by atoms with E-state index in [9.17, 15) is 4.79 Å². The van der Waals surface area contributed by atoms with Gasteiger partial charge in [0.05, 0.1) is 13.2 Å². The molecular formula is C16H24N2O3. The largest absolute Gasteiger partial charge is 0.489 e. The highest BCUT2D eigenvalue weighted by atomic mass is 16.5. The van der Waals surface area contributed by atoms with Gasteiger partial charge in [-0.25, -0.2) is 0 Å². The Labute approximate surface area is 126 Å². The number of morpholine rings is 1. The molecule has 1 aliphatic rings. The van der Waals surface area contributed by atoms with Crippen molar-refractivity contribution < 1.29 is 14.3 Å². The number of rotatable bonds is 6. The molecule has 0 radical (unpaired) electrons. The van der Waals surface area contributed by atoms with Gasteiger partial charge in [0, 0.05) is 13.1 Å². The van der Waals surface area contributed by atoms with Crippen molar-refractivity contribution in [1.82, 2.24) is 10.6 Å². The molecule has 2 N–H and O–H groups in total. The van der Waals surface area contributed by atoms with Crippen molar-refractivity contribution in [2.24, 2.45) is 0 Å². The zero-order chi connectivity index (χ0) is 15.1. The summed E-state index contributed by atoms with van der Waals surface area (Å²) in [5.74, 6) is 0.764. The predicted molar refractivity (Wildman–Crippen MR) is 81.5 cm³/mol. The molecule has 2 atom stereocenters. The van der Waals surface area contributed by atoms with Crippen LogP contribution in [0.15, 0.2) is 24.3 Å². The number of carbonyl (C=O) groups is 1. The summed E-state index contributed by atoms with van der Waals surface area (Å²) in [4.78, 5) is 12.0. The van der Waals surface area contributed by atoms with Gasteiger partial charge in [-0.05, 0) is 31.0 Å². The van der Waals surface area contributed by atoms with Crippen LogP contribution in [-0.2, 0) is 9.53 Å². The molecule has 0 saturated carbocycles. The minimum atomic E-state index is -0.393. The van der Waals surface area contributed by atoms with E-state index in [2.05, 4.69) is 10.6 Å². The van der Waals surface area contributed by atoms with Crippen molar-refractivity contribution in [2.45, 2.75) is 32.5 Å². The van der Waals surface area contributed by atoms with Gasteiger partial charge in [0.1, 0.15) is 18.0 Å². The third-order valence-corrected chi connectivity index (χ3v) is 3.47. The van der Waals surface area contributed by atoms with Crippen molar-refractivity contribution in [3.63, 3.8) is 0 Å². The molecule has 5 heteroatoms. The van der Waals surface area contributed by atoms with Gasteiger partial charge in [-0.15, -0.1) is 0 Å². The zero-order valence-electron chi connectivity index (χ0n) is 12.7. The molecule has 1 saturated heterocycles. The summed E-state index contributed by atoms with van der Waals surface area (Å²) in [5, 5.41) is 6.06. The first-order valence-electron chi connectivity index (χ1n) is 7.52. The van der Waals surface area contributed by atoms with E-state index in [1.54, 1.807) is 0 Å². The maximum atomic E-state index is 12.0. The lowest BCUT2D eigenvalue weighted by atomic mass is 10.2. The molecule has 5 nitrogen and oxygen atoms in total. The van der Waals surface area contributed by atoms with Crippen molar-refractivity contribution in [2.75, 3.05) is 26.2 Å². The van der Waals surface area contributed by atoms with E-state index in [1.807, 2.05) is 38.1 Å². The second kappa shape index (κ2) is 8.00. The average Bonchev–Trinajstić information content (AvgIpc) is 2.52. The second-order valence-electron chi connectivity index (χ2n) is 5.27. The molecule has 21 heavy (non-hydrogen) atoms. The SMILES string of the molecule is CCC(CNC(=O)C1CNCCO1)Oc1cccc(C)c1. The van der Waals surface area contributed by atoms with Gasteiger partial charge in [0.2, 0.25) is 0 Å². The monoisotopic (exact) mass is 292 g/mol.